The van der Waals surface area contributed by atoms with E-state index in [1.807, 2.05) is 0 Å². The second-order valence-corrected chi connectivity index (χ2v) is 9.78. The molecule has 0 aromatic carbocycles. The van der Waals surface area contributed by atoms with E-state index in [0.29, 0.717) is 37.5 Å². The molecule has 1 heterocycles. The molecule has 1 aromatic heterocycles. The summed E-state index contributed by atoms with van der Waals surface area (Å²) in [6, 6.07) is 0. The largest absolute Gasteiger partial charge is 0.378 e. The van der Waals surface area contributed by atoms with Crippen LogP contribution in [0.5, 0.6) is 0 Å². The Morgan fingerprint density at radius 2 is 1.68 bits per heavy atom. The van der Waals surface area contributed by atoms with E-state index in [-0.39, 0.29) is 17.9 Å². The Balaban J connectivity index is 1.42. The summed E-state index contributed by atoms with van der Waals surface area (Å²) in [5.74, 6) is 0.963. The van der Waals surface area contributed by atoms with Crippen LogP contribution >= 0.6 is 0 Å². The van der Waals surface area contributed by atoms with Gasteiger partial charge in [-0.05, 0) is 61.8 Å². The van der Waals surface area contributed by atoms with Crippen LogP contribution in [0.1, 0.15) is 80.8 Å². The number of alkyl halides is 2. The minimum atomic E-state index is -1.36. The molecule has 0 spiro atoms. The van der Waals surface area contributed by atoms with Crippen LogP contribution in [0.25, 0.3) is 0 Å². The smallest absolute Gasteiger partial charge is 0.251 e. The molecule has 6 aliphatic rings. The number of halogens is 2. The third-order valence-corrected chi connectivity index (χ3v) is 7.75. The molecule has 3 nitrogen and oxygen atoms in total. The third-order valence-electron chi connectivity index (χ3n) is 7.75. The van der Waals surface area contributed by atoms with Gasteiger partial charge in [0.1, 0.15) is 11.3 Å². The van der Waals surface area contributed by atoms with Gasteiger partial charge < -0.3 is 10.3 Å². The molecule has 4 atom stereocenters. The van der Waals surface area contributed by atoms with Crippen molar-refractivity contribution in [1.29, 1.82) is 0 Å². The van der Waals surface area contributed by atoms with Gasteiger partial charge in [0.15, 0.2) is 0 Å². The number of pyridine rings is 1. The number of rotatable bonds is 2. The lowest BCUT2D eigenvalue weighted by molar-refractivity contribution is -0.137. The Labute approximate surface area is 145 Å². The Kier molecular flexibility index (Phi) is 2.53. The zero-order valence-electron chi connectivity index (χ0n) is 14.3. The van der Waals surface area contributed by atoms with Crippen molar-refractivity contribution in [3.63, 3.8) is 0 Å². The Morgan fingerprint density at radius 1 is 1.00 bits per heavy atom. The van der Waals surface area contributed by atoms with Gasteiger partial charge in [0.05, 0.1) is 5.69 Å². The van der Waals surface area contributed by atoms with Crippen LogP contribution in [0.15, 0.2) is 11.0 Å². The summed E-state index contributed by atoms with van der Waals surface area (Å²) < 4.78 is 30.5. The van der Waals surface area contributed by atoms with Crippen LogP contribution in [0.2, 0.25) is 0 Å². The maximum Gasteiger partial charge on any atom is 0.251 e. The van der Waals surface area contributed by atoms with Crippen molar-refractivity contribution in [1.82, 2.24) is 4.98 Å². The summed E-state index contributed by atoms with van der Waals surface area (Å²) in [7, 11) is 0. The maximum atomic E-state index is 15.2. The summed E-state index contributed by atoms with van der Waals surface area (Å²) in [6.45, 7) is 0. The molecule has 134 valence electrons. The van der Waals surface area contributed by atoms with Crippen molar-refractivity contribution in [2.75, 3.05) is 5.32 Å². The predicted octanol–water partition coefficient (Wildman–Crippen LogP) is 4.30. The molecule has 1 aromatic rings. The van der Waals surface area contributed by atoms with Crippen LogP contribution in [0.4, 0.5) is 14.5 Å². The number of anilines is 1. The van der Waals surface area contributed by atoms with Crippen LogP contribution < -0.4 is 10.9 Å². The molecule has 5 heteroatoms. The average Bonchev–Trinajstić information content (AvgIpc) is 3.08. The van der Waals surface area contributed by atoms with Crippen LogP contribution in [0.3, 0.4) is 0 Å². The molecule has 5 saturated carbocycles. The lowest BCUT2D eigenvalue weighted by Crippen LogP contribution is -2.65. The molecule has 0 saturated heterocycles. The number of aromatic nitrogens is 1. The van der Waals surface area contributed by atoms with Crippen molar-refractivity contribution in [3.05, 3.63) is 27.7 Å². The molecular weight excluding hydrogens is 322 g/mol. The normalized spacial score (nSPS) is 48.8. The topological polar surface area (TPSA) is 44.9 Å². The lowest BCUT2D eigenvalue weighted by Gasteiger charge is -2.61. The number of hydrogen-bond acceptors (Lipinski definition) is 2. The van der Waals surface area contributed by atoms with Crippen LogP contribution in [-0.2, 0) is 0 Å². The molecule has 6 bridgehead atoms. The summed E-state index contributed by atoms with van der Waals surface area (Å²) >= 11 is 0. The van der Waals surface area contributed by atoms with E-state index in [2.05, 4.69) is 10.3 Å². The van der Waals surface area contributed by atoms with Gasteiger partial charge in [0, 0.05) is 36.6 Å². The second kappa shape index (κ2) is 4.29. The fourth-order valence-corrected chi connectivity index (χ4v) is 7.65. The lowest BCUT2D eigenvalue weighted by atomic mass is 9.50. The van der Waals surface area contributed by atoms with E-state index < -0.39 is 16.9 Å². The van der Waals surface area contributed by atoms with Crippen molar-refractivity contribution in [2.45, 2.75) is 86.5 Å². The van der Waals surface area contributed by atoms with Gasteiger partial charge in [-0.1, -0.05) is 0 Å². The fourth-order valence-electron chi connectivity index (χ4n) is 7.65. The number of aromatic amines is 1. The highest BCUT2D eigenvalue weighted by Gasteiger charge is 2.65. The van der Waals surface area contributed by atoms with Gasteiger partial charge in [-0.15, -0.1) is 0 Å². The second-order valence-electron chi connectivity index (χ2n) is 9.78. The van der Waals surface area contributed by atoms with Crippen LogP contribution in [0, 0.1) is 5.92 Å². The SMILES string of the molecule is O=c1[nH]cc(NC23CC4CC(F)(CC(F)(C4)C2)C3)c2c1C1CCC2C1. The van der Waals surface area contributed by atoms with E-state index >= 15 is 8.78 Å². The van der Waals surface area contributed by atoms with Gasteiger partial charge in [-0.3, -0.25) is 4.79 Å². The number of fused-ring (bicyclic) bond motifs is 5. The molecule has 0 aliphatic heterocycles. The van der Waals surface area contributed by atoms with Gasteiger partial charge in [0.25, 0.3) is 5.56 Å². The van der Waals surface area contributed by atoms with Crippen molar-refractivity contribution >= 4 is 5.69 Å². The van der Waals surface area contributed by atoms with Crippen molar-refractivity contribution < 1.29 is 8.78 Å². The quantitative estimate of drug-likeness (QED) is 0.838. The zero-order chi connectivity index (χ0) is 17.0. The first kappa shape index (κ1) is 14.7. The number of nitrogens with one attached hydrogen (secondary N) is 2. The number of H-pyrrole nitrogens is 1. The summed E-state index contributed by atoms with van der Waals surface area (Å²) in [5.41, 5.74) is -0.140. The van der Waals surface area contributed by atoms with E-state index in [0.717, 1.165) is 42.5 Å². The molecule has 0 radical (unpaired) electrons. The van der Waals surface area contributed by atoms with Gasteiger partial charge in [-0.2, -0.15) is 0 Å². The maximum absolute atomic E-state index is 15.2. The monoisotopic (exact) mass is 346 g/mol. The van der Waals surface area contributed by atoms with Gasteiger partial charge in [0.2, 0.25) is 0 Å². The number of hydrogen-bond donors (Lipinski definition) is 2. The molecule has 7 rings (SSSR count). The Morgan fingerprint density at radius 3 is 2.36 bits per heavy atom. The molecule has 5 fully saturated rings. The van der Waals surface area contributed by atoms with Crippen LogP contribution in [-0.4, -0.2) is 21.9 Å². The summed E-state index contributed by atoms with van der Waals surface area (Å²) in [6.07, 6.45) is 7.84. The average molecular weight is 346 g/mol. The van der Waals surface area contributed by atoms with Crippen molar-refractivity contribution in [2.24, 2.45) is 5.92 Å². The standard InChI is InChI=1S/C20H24F2N2O/c21-18-4-11-5-19(22,8-18)10-20(6-11,9-18)24-14-7-23-17(25)16-13-2-1-12(3-13)15(14)16/h7,11-13,24H,1-6,8-10H2,(H,23,25). The molecule has 25 heavy (non-hydrogen) atoms. The van der Waals surface area contributed by atoms with Crippen molar-refractivity contribution in [3.8, 4) is 0 Å². The minimum absolute atomic E-state index is 0.0298. The first-order valence-corrected chi connectivity index (χ1v) is 9.78. The molecule has 0 amide bonds. The highest BCUT2D eigenvalue weighted by Crippen LogP contribution is 2.63. The molecular formula is C20H24F2N2O. The summed E-state index contributed by atoms with van der Waals surface area (Å²) in [4.78, 5) is 15.2. The minimum Gasteiger partial charge on any atom is -0.378 e. The van der Waals surface area contributed by atoms with E-state index in [9.17, 15) is 4.79 Å². The van der Waals surface area contributed by atoms with E-state index in [4.69, 9.17) is 0 Å². The highest BCUT2D eigenvalue weighted by molar-refractivity contribution is 5.60. The molecule has 4 unspecified atom stereocenters. The third kappa shape index (κ3) is 1.93. The summed E-state index contributed by atoms with van der Waals surface area (Å²) in [5, 5.41) is 3.60. The molecule has 2 N–H and O–H groups in total. The Hall–Kier alpha value is -1.39. The van der Waals surface area contributed by atoms with Gasteiger partial charge in [-0.25, -0.2) is 8.78 Å². The van der Waals surface area contributed by atoms with E-state index in [1.54, 1.807) is 6.20 Å². The highest BCUT2D eigenvalue weighted by atomic mass is 19.2. The van der Waals surface area contributed by atoms with Gasteiger partial charge >= 0.3 is 0 Å². The van der Waals surface area contributed by atoms with E-state index in [1.165, 1.54) is 0 Å². The molecule has 6 aliphatic carbocycles. The predicted molar refractivity (Wildman–Crippen MR) is 91.6 cm³/mol. The fraction of sp³-hybridized carbons (Fsp3) is 0.750. The Bertz CT molecular complexity index is 815. The first-order valence-electron chi connectivity index (χ1n) is 9.78. The zero-order valence-corrected chi connectivity index (χ0v) is 14.3. The first-order chi connectivity index (χ1) is 11.9.